The Hall–Kier alpha value is -2.80. The first-order valence-electron chi connectivity index (χ1n) is 9.81. The molecule has 1 aliphatic rings. The highest BCUT2D eigenvalue weighted by Gasteiger charge is 2.29. The molecule has 0 saturated carbocycles. The minimum atomic E-state index is -0.358. The van der Waals surface area contributed by atoms with E-state index in [4.69, 9.17) is 4.74 Å². The number of benzene rings is 2. The number of piperidine rings is 1. The Bertz CT molecular complexity index is 954. The molecule has 1 aromatic heterocycles. The third-order valence-electron chi connectivity index (χ3n) is 5.07. The monoisotopic (exact) mass is 408 g/mol. The van der Waals surface area contributed by atoms with Gasteiger partial charge in [-0.05, 0) is 37.0 Å². The molecule has 0 radical (unpaired) electrons. The van der Waals surface area contributed by atoms with Gasteiger partial charge in [0.15, 0.2) is 5.16 Å². The molecule has 0 N–H and O–H groups in total. The molecule has 0 aliphatic carbocycles. The molecule has 0 bridgehead atoms. The Morgan fingerprint density at radius 1 is 1.07 bits per heavy atom. The van der Waals surface area contributed by atoms with E-state index in [1.54, 1.807) is 13.4 Å². The summed E-state index contributed by atoms with van der Waals surface area (Å²) in [6, 6.07) is 17.6. The number of aromatic nitrogens is 3. The molecule has 2 heterocycles. The van der Waals surface area contributed by atoms with E-state index in [1.807, 2.05) is 64.1 Å². The van der Waals surface area contributed by atoms with E-state index in [2.05, 4.69) is 10.2 Å². The van der Waals surface area contributed by atoms with Gasteiger partial charge in [-0.25, -0.2) is 0 Å². The van der Waals surface area contributed by atoms with Crippen molar-refractivity contribution in [3.05, 3.63) is 66.5 Å². The highest BCUT2D eigenvalue weighted by atomic mass is 32.2. The Morgan fingerprint density at radius 2 is 1.86 bits per heavy atom. The van der Waals surface area contributed by atoms with Crippen molar-refractivity contribution in [2.45, 2.75) is 29.7 Å². The second-order valence-electron chi connectivity index (χ2n) is 6.98. The lowest BCUT2D eigenvalue weighted by Gasteiger charge is -2.30. The van der Waals surface area contributed by atoms with Crippen molar-refractivity contribution in [1.82, 2.24) is 19.7 Å². The Kier molecular flexibility index (Phi) is 6.14. The average molecular weight is 409 g/mol. The number of nitrogens with zero attached hydrogens (tertiary/aromatic N) is 4. The highest BCUT2D eigenvalue weighted by Crippen LogP contribution is 2.37. The van der Waals surface area contributed by atoms with Gasteiger partial charge in [-0.3, -0.25) is 9.36 Å². The third-order valence-corrected chi connectivity index (χ3v) is 6.26. The molecule has 1 unspecified atom stereocenters. The number of hydrogen-bond donors (Lipinski definition) is 0. The summed E-state index contributed by atoms with van der Waals surface area (Å²) in [7, 11) is 1.64. The van der Waals surface area contributed by atoms with Gasteiger partial charge < -0.3 is 9.64 Å². The first-order chi connectivity index (χ1) is 14.3. The van der Waals surface area contributed by atoms with Gasteiger partial charge in [0.2, 0.25) is 5.91 Å². The van der Waals surface area contributed by atoms with Crippen LogP contribution in [0.5, 0.6) is 5.75 Å². The predicted octanol–water partition coefficient (Wildman–Crippen LogP) is 4.12. The maximum atomic E-state index is 13.4. The number of likely N-dealkylation sites (tertiary alicyclic amines) is 1. The lowest BCUT2D eigenvalue weighted by Crippen LogP contribution is -2.38. The summed E-state index contributed by atoms with van der Waals surface area (Å²) in [5.41, 5.74) is 1.88. The van der Waals surface area contributed by atoms with E-state index in [1.165, 1.54) is 18.2 Å². The number of carbonyl (C=O) groups excluding carboxylic acids is 1. The van der Waals surface area contributed by atoms with Crippen LogP contribution >= 0.6 is 11.8 Å². The van der Waals surface area contributed by atoms with E-state index in [0.717, 1.165) is 42.9 Å². The number of methoxy groups -OCH3 is 1. The molecule has 1 saturated heterocycles. The third kappa shape index (κ3) is 4.45. The van der Waals surface area contributed by atoms with Crippen molar-refractivity contribution in [2.75, 3.05) is 20.2 Å². The fourth-order valence-electron chi connectivity index (χ4n) is 3.52. The molecule has 1 atom stereocenters. The van der Waals surface area contributed by atoms with Crippen molar-refractivity contribution in [3.63, 3.8) is 0 Å². The van der Waals surface area contributed by atoms with Crippen molar-refractivity contribution in [1.29, 1.82) is 0 Å². The van der Waals surface area contributed by atoms with E-state index in [-0.39, 0.29) is 11.2 Å². The van der Waals surface area contributed by atoms with Crippen LogP contribution in [0.1, 0.15) is 30.1 Å². The summed E-state index contributed by atoms with van der Waals surface area (Å²) >= 11 is 1.44. The normalized spacial score (nSPS) is 15.1. The molecule has 1 aliphatic heterocycles. The fourth-order valence-corrected chi connectivity index (χ4v) is 4.63. The average Bonchev–Trinajstić information content (AvgIpc) is 3.26. The van der Waals surface area contributed by atoms with Crippen LogP contribution in [-0.4, -0.2) is 45.8 Å². The smallest absolute Gasteiger partial charge is 0.240 e. The molecule has 1 fully saturated rings. The molecule has 4 rings (SSSR count). The largest absolute Gasteiger partial charge is 0.497 e. The first kappa shape index (κ1) is 19.5. The van der Waals surface area contributed by atoms with Crippen molar-refractivity contribution in [3.8, 4) is 11.4 Å². The van der Waals surface area contributed by atoms with E-state index < -0.39 is 0 Å². The lowest BCUT2D eigenvalue weighted by molar-refractivity contribution is -0.131. The zero-order valence-corrected chi connectivity index (χ0v) is 17.2. The SMILES string of the molecule is COc1cccc(-n2cnnc2SC(C(=O)N2CCCCC2)c2ccccc2)c1. The van der Waals surface area contributed by atoms with Gasteiger partial charge in [0.1, 0.15) is 17.3 Å². The molecule has 1 amide bonds. The molecule has 29 heavy (non-hydrogen) atoms. The summed E-state index contributed by atoms with van der Waals surface area (Å²) in [6.07, 6.45) is 5.00. The van der Waals surface area contributed by atoms with Crippen LogP contribution in [0.15, 0.2) is 66.1 Å². The van der Waals surface area contributed by atoms with Crippen LogP contribution in [0.2, 0.25) is 0 Å². The maximum Gasteiger partial charge on any atom is 0.240 e. The van der Waals surface area contributed by atoms with Gasteiger partial charge in [-0.1, -0.05) is 48.2 Å². The van der Waals surface area contributed by atoms with E-state index >= 15 is 0 Å². The van der Waals surface area contributed by atoms with Crippen LogP contribution in [0.3, 0.4) is 0 Å². The Balaban J connectivity index is 1.65. The predicted molar refractivity (Wildman–Crippen MR) is 113 cm³/mol. The fraction of sp³-hybridized carbons (Fsp3) is 0.318. The zero-order valence-electron chi connectivity index (χ0n) is 16.4. The molecular formula is C22H24N4O2S. The second-order valence-corrected chi connectivity index (χ2v) is 8.05. The number of hydrogen-bond acceptors (Lipinski definition) is 5. The molecule has 2 aromatic carbocycles. The highest BCUT2D eigenvalue weighted by molar-refractivity contribution is 8.00. The molecule has 3 aromatic rings. The minimum Gasteiger partial charge on any atom is -0.497 e. The van der Waals surface area contributed by atoms with Gasteiger partial charge in [-0.2, -0.15) is 0 Å². The van der Waals surface area contributed by atoms with Gasteiger partial charge in [-0.15, -0.1) is 10.2 Å². The first-order valence-corrected chi connectivity index (χ1v) is 10.7. The summed E-state index contributed by atoms with van der Waals surface area (Å²) in [5, 5.41) is 8.72. The van der Waals surface area contributed by atoms with Gasteiger partial charge in [0.25, 0.3) is 0 Å². The molecule has 0 spiro atoms. The van der Waals surface area contributed by atoms with Gasteiger partial charge >= 0.3 is 0 Å². The number of rotatable bonds is 6. The zero-order chi connectivity index (χ0) is 20.1. The van der Waals surface area contributed by atoms with Crippen LogP contribution in [0.25, 0.3) is 5.69 Å². The molecular weight excluding hydrogens is 384 g/mol. The van der Waals surface area contributed by atoms with Crippen molar-refractivity contribution in [2.24, 2.45) is 0 Å². The van der Waals surface area contributed by atoms with Crippen molar-refractivity contribution >= 4 is 17.7 Å². The maximum absolute atomic E-state index is 13.4. The second kappa shape index (κ2) is 9.13. The van der Waals surface area contributed by atoms with Crippen LogP contribution in [0, 0.1) is 0 Å². The quantitative estimate of drug-likeness (QED) is 0.574. The van der Waals surface area contributed by atoms with Crippen LogP contribution < -0.4 is 4.74 Å². The number of carbonyl (C=O) groups is 1. The van der Waals surface area contributed by atoms with Gasteiger partial charge in [0, 0.05) is 19.2 Å². The van der Waals surface area contributed by atoms with Crippen molar-refractivity contribution < 1.29 is 9.53 Å². The number of thioether (sulfide) groups is 1. The Labute approximate surface area is 174 Å². The number of amides is 1. The van der Waals surface area contributed by atoms with E-state index in [0.29, 0.717) is 5.16 Å². The lowest BCUT2D eigenvalue weighted by atomic mass is 10.1. The summed E-state index contributed by atoms with van der Waals surface area (Å²) in [4.78, 5) is 15.4. The molecule has 150 valence electrons. The number of ether oxygens (including phenoxy) is 1. The standard InChI is InChI=1S/C22H24N4O2S/c1-28-19-12-8-11-18(15-19)26-16-23-24-22(26)29-20(17-9-4-2-5-10-17)21(27)25-13-6-3-7-14-25/h2,4-5,8-12,15-16,20H,3,6-7,13-14H2,1H3. The van der Waals surface area contributed by atoms with Crippen LogP contribution in [0.4, 0.5) is 0 Å². The topological polar surface area (TPSA) is 60.2 Å². The molecule has 7 heteroatoms. The minimum absolute atomic E-state index is 0.140. The molecule has 6 nitrogen and oxygen atoms in total. The van der Waals surface area contributed by atoms with Crippen LogP contribution in [-0.2, 0) is 4.79 Å². The summed E-state index contributed by atoms with van der Waals surface area (Å²) < 4.78 is 7.23. The summed E-state index contributed by atoms with van der Waals surface area (Å²) in [6.45, 7) is 1.65. The van der Waals surface area contributed by atoms with E-state index in [9.17, 15) is 4.79 Å². The Morgan fingerprint density at radius 3 is 2.62 bits per heavy atom. The van der Waals surface area contributed by atoms with Gasteiger partial charge in [0.05, 0.1) is 12.8 Å². The summed E-state index contributed by atoms with van der Waals surface area (Å²) in [5.74, 6) is 0.900.